The molecule has 2 aromatic carbocycles. The van der Waals surface area contributed by atoms with Crippen LogP contribution in [-0.4, -0.2) is 14.2 Å². The van der Waals surface area contributed by atoms with E-state index in [9.17, 15) is 4.79 Å². The lowest BCUT2D eigenvalue weighted by Gasteiger charge is -2.21. The summed E-state index contributed by atoms with van der Waals surface area (Å²) in [5, 5.41) is 3.02. The number of quaternary nitrogens is 1. The van der Waals surface area contributed by atoms with E-state index in [4.69, 9.17) is 13.9 Å². The van der Waals surface area contributed by atoms with Crippen molar-refractivity contribution < 1.29 is 18.8 Å². The summed E-state index contributed by atoms with van der Waals surface area (Å²) >= 11 is 1.75. The smallest absolute Gasteiger partial charge is 0.336 e. The number of methoxy groups -OCH3 is 2. The van der Waals surface area contributed by atoms with E-state index in [1.165, 1.54) is 9.78 Å². The molecule has 0 saturated heterocycles. The van der Waals surface area contributed by atoms with Gasteiger partial charge in [0.25, 0.3) is 0 Å². The number of benzene rings is 2. The van der Waals surface area contributed by atoms with Gasteiger partial charge in [-0.3, -0.25) is 0 Å². The number of para-hydroxylation sites is 1. The normalized spacial score (nSPS) is 12.1. The fraction of sp³-hybridized carbons (Fsp3) is 0.208. The number of fused-ring (bicyclic) bond motifs is 1. The highest BCUT2D eigenvalue weighted by atomic mass is 32.1. The zero-order valence-electron chi connectivity index (χ0n) is 17.0. The highest BCUT2D eigenvalue weighted by molar-refractivity contribution is 7.09. The number of nitrogens with one attached hydrogen (secondary N) is 1. The summed E-state index contributed by atoms with van der Waals surface area (Å²) in [6.07, 6.45) is 0. The second kappa shape index (κ2) is 9.15. The maximum absolute atomic E-state index is 12.2. The number of thiophene rings is 1. The SMILES string of the molecule is COc1ccc2c(C[NH+](Cc3cccs3)Cc3ccccc3OC)cc(=O)oc2c1. The van der Waals surface area contributed by atoms with Gasteiger partial charge in [-0.05, 0) is 35.7 Å². The van der Waals surface area contributed by atoms with Gasteiger partial charge in [0.2, 0.25) is 0 Å². The van der Waals surface area contributed by atoms with Crippen molar-refractivity contribution in [2.24, 2.45) is 0 Å². The average molecular weight is 423 g/mol. The zero-order chi connectivity index (χ0) is 20.9. The monoisotopic (exact) mass is 422 g/mol. The van der Waals surface area contributed by atoms with E-state index in [2.05, 4.69) is 23.6 Å². The fourth-order valence-corrected chi connectivity index (χ4v) is 4.49. The van der Waals surface area contributed by atoms with Crippen LogP contribution in [-0.2, 0) is 19.6 Å². The van der Waals surface area contributed by atoms with Crippen molar-refractivity contribution >= 4 is 22.3 Å². The fourth-order valence-electron chi connectivity index (χ4n) is 3.72. The zero-order valence-corrected chi connectivity index (χ0v) is 17.8. The average Bonchev–Trinajstić information content (AvgIpc) is 3.26. The van der Waals surface area contributed by atoms with Gasteiger partial charge in [0.05, 0.1) is 19.1 Å². The molecule has 0 aliphatic carbocycles. The van der Waals surface area contributed by atoms with Crippen LogP contribution in [0.3, 0.4) is 0 Å². The van der Waals surface area contributed by atoms with Crippen LogP contribution < -0.4 is 20.0 Å². The first-order chi connectivity index (χ1) is 14.7. The molecule has 0 radical (unpaired) electrons. The van der Waals surface area contributed by atoms with Crippen molar-refractivity contribution in [1.82, 2.24) is 0 Å². The predicted octanol–water partition coefficient (Wildman–Crippen LogP) is 3.66. The third kappa shape index (κ3) is 4.56. The molecule has 1 atom stereocenters. The second-order valence-electron chi connectivity index (χ2n) is 7.12. The van der Waals surface area contributed by atoms with Gasteiger partial charge in [-0.25, -0.2) is 4.79 Å². The molecule has 4 aromatic rings. The Morgan fingerprint density at radius 1 is 0.900 bits per heavy atom. The molecule has 2 heterocycles. The predicted molar refractivity (Wildman–Crippen MR) is 118 cm³/mol. The Kier molecular flexibility index (Phi) is 6.16. The molecule has 0 spiro atoms. The minimum Gasteiger partial charge on any atom is -0.497 e. The highest BCUT2D eigenvalue weighted by Crippen LogP contribution is 2.22. The first-order valence-electron chi connectivity index (χ1n) is 9.75. The molecule has 5 nitrogen and oxygen atoms in total. The van der Waals surface area contributed by atoms with Gasteiger partial charge in [0, 0.05) is 28.6 Å². The molecule has 0 aliphatic rings. The van der Waals surface area contributed by atoms with Crippen LogP contribution in [0.1, 0.15) is 16.0 Å². The molecule has 30 heavy (non-hydrogen) atoms. The molecule has 154 valence electrons. The van der Waals surface area contributed by atoms with E-state index in [0.29, 0.717) is 17.9 Å². The molecule has 2 aromatic heterocycles. The summed E-state index contributed by atoms with van der Waals surface area (Å²) in [5.74, 6) is 1.54. The van der Waals surface area contributed by atoms with Crippen molar-refractivity contribution in [2.45, 2.75) is 19.6 Å². The second-order valence-corrected chi connectivity index (χ2v) is 8.16. The first kappa shape index (κ1) is 20.2. The van der Waals surface area contributed by atoms with Crippen molar-refractivity contribution in [3.8, 4) is 11.5 Å². The molecule has 0 saturated carbocycles. The summed E-state index contributed by atoms with van der Waals surface area (Å²) in [5.41, 5.74) is 2.30. The van der Waals surface area contributed by atoms with Crippen LogP contribution >= 0.6 is 11.3 Å². The highest BCUT2D eigenvalue weighted by Gasteiger charge is 2.18. The van der Waals surface area contributed by atoms with Crippen molar-refractivity contribution in [3.63, 3.8) is 0 Å². The molecule has 4 rings (SSSR count). The topological polar surface area (TPSA) is 53.1 Å². The summed E-state index contributed by atoms with van der Waals surface area (Å²) in [4.78, 5) is 14.8. The first-order valence-corrected chi connectivity index (χ1v) is 10.6. The van der Waals surface area contributed by atoms with Gasteiger partial charge in [0.1, 0.15) is 36.7 Å². The molecular formula is C24H24NO4S+. The summed E-state index contributed by atoms with van der Waals surface area (Å²) < 4.78 is 16.3. The van der Waals surface area contributed by atoms with Crippen molar-refractivity contribution in [3.05, 3.63) is 92.5 Å². The molecule has 0 aliphatic heterocycles. The van der Waals surface area contributed by atoms with Gasteiger partial charge in [-0.15, -0.1) is 11.3 Å². The Morgan fingerprint density at radius 3 is 2.50 bits per heavy atom. The Hall–Kier alpha value is -3.09. The van der Waals surface area contributed by atoms with Crippen LogP contribution in [0.15, 0.2) is 75.3 Å². The molecule has 0 fully saturated rings. The van der Waals surface area contributed by atoms with Crippen molar-refractivity contribution in [1.29, 1.82) is 0 Å². The van der Waals surface area contributed by atoms with E-state index in [0.717, 1.165) is 35.4 Å². The van der Waals surface area contributed by atoms with E-state index < -0.39 is 0 Å². The minimum atomic E-state index is -0.349. The van der Waals surface area contributed by atoms with E-state index >= 15 is 0 Å². The Bertz CT molecular complexity index is 1180. The van der Waals surface area contributed by atoms with Crippen LogP contribution in [0.5, 0.6) is 11.5 Å². The Labute approximate surface area is 179 Å². The number of ether oxygens (including phenoxy) is 2. The molecular weight excluding hydrogens is 398 g/mol. The summed E-state index contributed by atoms with van der Waals surface area (Å²) in [6.45, 7) is 2.32. The number of hydrogen-bond acceptors (Lipinski definition) is 5. The number of rotatable bonds is 8. The minimum absolute atomic E-state index is 0.349. The van der Waals surface area contributed by atoms with E-state index in [-0.39, 0.29) is 5.63 Å². The Balaban J connectivity index is 1.70. The molecule has 1 unspecified atom stereocenters. The lowest BCUT2D eigenvalue weighted by atomic mass is 10.1. The maximum atomic E-state index is 12.2. The quantitative estimate of drug-likeness (QED) is 0.441. The van der Waals surface area contributed by atoms with Gasteiger partial charge in [-0.2, -0.15) is 0 Å². The van der Waals surface area contributed by atoms with E-state index in [1.54, 1.807) is 37.7 Å². The Morgan fingerprint density at radius 2 is 1.73 bits per heavy atom. The summed E-state index contributed by atoms with van der Waals surface area (Å²) in [7, 11) is 3.30. The van der Waals surface area contributed by atoms with Crippen LogP contribution in [0.4, 0.5) is 0 Å². The third-order valence-electron chi connectivity index (χ3n) is 5.12. The lowest BCUT2D eigenvalue weighted by molar-refractivity contribution is -0.940. The standard InChI is InChI=1S/C24H23NO4S/c1-27-19-9-10-21-18(12-24(26)29-23(21)13-19)15-25(16-20-7-5-11-30-20)14-17-6-3-4-8-22(17)28-2/h3-13H,14-16H2,1-2H3/p+1. The summed E-state index contributed by atoms with van der Waals surface area (Å²) in [6, 6.07) is 19.5. The van der Waals surface area contributed by atoms with E-state index in [1.807, 2.05) is 30.3 Å². The molecule has 6 heteroatoms. The van der Waals surface area contributed by atoms with Gasteiger partial charge >= 0.3 is 5.63 Å². The van der Waals surface area contributed by atoms with Gasteiger partial charge < -0.3 is 18.8 Å². The molecule has 0 amide bonds. The van der Waals surface area contributed by atoms with Gasteiger partial charge in [0.15, 0.2) is 0 Å². The van der Waals surface area contributed by atoms with Gasteiger partial charge in [-0.1, -0.05) is 18.2 Å². The maximum Gasteiger partial charge on any atom is 0.336 e. The van der Waals surface area contributed by atoms with Crippen molar-refractivity contribution in [2.75, 3.05) is 14.2 Å². The largest absolute Gasteiger partial charge is 0.497 e. The van der Waals surface area contributed by atoms with Crippen LogP contribution in [0, 0.1) is 0 Å². The number of hydrogen-bond donors (Lipinski definition) is 1. The van der Waals surface area contributed by atoms with Crippen LogP contribution in [0.2, 0.25) is 0 Å². The lowest BCUT2D eigenvalue weighted by Crippen LogP contribution is -3.08. The third-order valence-corrected chi connectivity index (χ3v) is 5.99. The molecule has 1 N–H and O–H groups in total. The van der Waals surface area contributed by atoms with Crippen LogP contribution in [0.25, 0.3) is 11.0 Å². The molecule has 0 bridgehead atoms.